The predicted molar refractivity (Wildman–Crippen MR) is 94.3 cm³/mol. The van der Waals surface area contributed by atoms with Crippen molar-refractivity contribution in [2.75, 3.05) is 13.6 Å². The van der Waals surface area contributed by atoms with Crippen LogP contribution in [0.1, 0.15) is 38.8 Å². The Kier molecular flexibility index (Phi) is 7.03. The first-order valence-corrected chi connectivity index (χ1v) is 8.07. The molecule has 5 heteroatoms. The molecule has 0 saturated heterocycles. The van der Waals surface area contributed by atoms with Crippen molar-refractivity contribution in [1.29, 1.82) is 0 Å². The lowest BCUT2D eigenvalue weighted by atomic mass is 10.1. The van der Waals surface area contributed by atoms with Gasteiger partial charge in [-0.15, -0.1) is 0 Å². The molecule has 0 fully saturated rings. The van der Waals surface area contributed by atoms with Gasteiger partial charge < -0.3 is 15.8 Å². The zero-order valence-corrected chi connectivity index (χ0v) is 15.2. The highest BCUT2D eigenvalue weighted by atomic mass is 16.6. The van der Waals surface area contributed by atoms with Gasteiger partial charge in [-0.25, -0.2) is 4.79 Å². The normalized spacial score (nSPS) is 14.4. The van der Waals surface area contributed by atoms with Gasteiger partial charge >= 0.3 is 6.09 Å². The number of nitrogens with zero attached hydrogens (tertiary/aromatic N) is 1. The second kappa shape index (κ2) is 8.31. The van der Waals surface area contributed by atoms with Crippen LogP contribution in [0, 0.1) is 6.92 Å². The topological polar surface area (TPSA) is 67.6 Å². The molecule has 23 heavy (non-hydrogen) atoms. The number of rotatable bonds is 6. The maximum absolute atomic E-state index is 11.9. The van der Waals surface area contributed by atoms with Crippen molar-refractivity contribution in [2.24, 2.45) is 5.73 Å². The van der Waals surface area contributed by atoms with Crippen LogP contribution in [-0.4, -0.2) is 42.3 Å². The molecular formula is C18H31N3O2. The lowest BCUT2D eigenvalue weighted by Gasteiger charge is -2.33. The van der Waals surface area contributed by atoms with Crippen LogP contribution in [-0.2, 0) is 11.3 Å². The number of hydrogen-bond donors (Lipinski definition) is 2. The fourth-order valence-corrected chi connectivity index (χ4v) is 2.45. The molecule has 0 bridgehead atoms. The Morgan fingerprint density at radius 2 is 1.87 bits per heavy atom. The third kappa shape index (κ3) is 7.01. The number of carbonyl (C=O) groups excluding carboxylic acids is 1. The summed E-state index contributed by atoms with van der Waals surface area (Å²) in [5.41, 5.74) is 7.88. The summed E-state index contributed by atoms with van der Waals surface area (Å²) in [7, 11) is 2.02. The van der Waals surface area contributed by atoms with Gasteiger partial charge in [0.2, 0.25) is 0 Å². The number of nitrogens with one attached hydrogen (secondary N) is 1. The minimum atomic E-state index is -0.504. The van der Waals surface area contributed by atoms with Crippen LogP contribution < -0.4 is 11.1 Å². The van der Waals surface area contributed by atoms with Gasteiger partial charge in [0.25, 0.3) is 0 Å². The van der Waals surface area contributed by atoms with Crippen LogP contribution in [0.15, 0.2) is 24.3 Å². The Hall–Kier alpha value is -1.59. The Labute approximate surface area is 140 Å². The summed E-state index contributed by atoms with van der Waals surface area (Å²) in [5.74, 6) is 0. The van der Waals surface area contributed by atoms with Crippen molar-refractivity contribution >= 4 is 6.09 Å². The molecule has 1 aromatic rings. The number of amides is 1. The molecule has 0 aliphatic rings. The molecule has 0 heterocycles. The SMILES string of the molecule is Cc1ccc(CN(C)C(CN)C(C)NC(=O)OC(C)(C)C)cc1. The van der Waals surface area contributed by atoms with Crippen molar-refractivity contribution < 1.29 is 9.53 Å². The third-order valence-corrected chi connectivity index (χ3v) is 3.68. The van der Waals surface area contributed by atoms with Crippen molar-refractivity contribution in [3.63, 3.8) is 0 Å². The lowest BCUT2D eigenvalue weighted by molar-refractivity contribution is 0.0476. The van der Waals surface area contributed by atoms with Crippen molar-refractivity contribution in [3.05, 3.63) is 35.4 Å². The van der Waals surface area contributed by atoms with Crippen molar-refractivity contribution in [1.82, 2.24) is 10.2 Å². The standard InChI is InChI=1S/C18H31N3O2/c1-13-7-9-15(10-8-13)12-21(6)16(11-19)14(2)20-17(22)23-18(3,4)5/h7-10,14,16H,11-12,19H2,1-6H3,(H,20,22). The van der Waals surface area contributed by atoms with Crippen LogP contribution >= 0.6 is 0 Å². The number of aryl methyl sites for hydroxylation is 1. The smallest absolute Gasteiger partial charge is 0.407 e. The first-order chi connectivity index (χ1) is 10.6. The predicted octanol–water partition coefficient (Wildman–Crippen LogP) is 2.67. The molecule has 1 amide bonds. The summed E-state index contributed by atoms with van der Waals surface area (Å²) in [6.45, 7) is 10.8. The maximum Gasteiger partial charge on any atom is 0.407 e. The van der Waals surface area contributed by atoms with E-state index in [9.17, 15) is 4.79 Å². The quantitative estimate of drug-likeness (QED) is 0.845. The molecule has 1 aromatic carbocycles. The Morgan fingerprint density at radius 3 is 2.35 bits per heavy atom. The average molecular weight is 321 g/mol. The monoisotopic (exact) mass is 321 g/mol. The molecule has 2 unspecified atom stereocenters. The molecule has 0 saturated carbocycles. The number of benzene rings is 1. The summed E-state index contributed by atoms with van der Waals surface area (Å²) >= 11 is 0. The molecule has 0 aromatic heterocycles. The van der Waals surface area contributed by atoms with Crippen LogP contribution in [0.3, 0.4) is 0 Å². The van der Waals surface area contributed by atoms with Gasteiger partial charge in [-0.2, -0.15) is 0 Å². The Bertz CT molecular complexity index is 494. The van der Waals surface area contributed by atoms with E-state index >= 15 is 0 Å². The molecule has 0 aliphatic heterocycles. The number of ether oxygens (including phenoxy) is 1. The molecule has 1 rings (SSSR count). The van der Waals surface area contributed by atoms with Gasteiger partial charge in [0, 0.05) is 25.2 Å². The zero-order valence-electron chi connectivity index (χ0n) is 15.2. The molecular weight excluding hydrogens is 290 g/mol. The minimum absolute atomic E-state index is 0.0313. The maximum atomic E-state index is 11.9. The largest absolute Gasteiger partial charge is 0.444 e. The fourth-order valence-electron chi connectivity index (χ4n) is 2.45. The zero-order chi connectivity index (χ0) is 17.6. The minimum Gasteiger partial charge on any atom is -0.444 e. The second-order valence-electron chi connectivity index (χ2n) is 7.14. The van der Waals surface area contributed by atoms with E-state index in [1.807, 2.05) is 34.7 Å². The molecule has 0 radical (unpaired) electrons. The van der Waals surface area contributed by atoms with E-state index in [-0.39, 0.29) is 12.1 Å². The van der Waals surface area contributed by atoms with Crippen molar-refractivity contribution in [3.8, 4) is 0 Å². The van der Waals surface area contributed by atoms with E-state index in [4.69, 9.17) is 10.5 Å². The van der Waals surface area contributed by atoms with E-state index in [1.54, 1.807) is 0 Å². The Morgan fingerprint density at radius 1 is 1.30 bits per heavy atom. The van der Waals surface area contributed by atoms with Crippen LogP contribution in [0.4, 0.5) is 4.79 Å². The third-order valence-electron chi connectivity index (χ3n) is 3.68. The van der Waals surface area contributed by atoms with E-state index < -0.39 is 11.7 Å². The highest BCUT2D eigenvalue weighted by Gasteiger charge is 2.24. The first kappa shape index (κ1) is 19.5. The highest BCUT2D eigenvalue weighted by molar-refractivity contribution is 5.68. The van der Waals surface area contributed by atoms with Gasteiger partial charge in [0.1, 0.15) is 5.60 Å². The average Bonchev–Trinajstić information content (AvgIpc) is 2.39. The van der Waals surface area contributed by atoms with E-state index in [1.165, 1.54) is 11.1 Å². The summed E-state index contributed by atoms with van der Waals surface area (Å²) in [4.78, 5) is 14.1. The molecule has 5 nitrogen and oxygen atoms in total. The van der Waals surface area contributed by atoms with Gasteiger partial charge in [0.15, 0.2) is 0 Å². The van der Waals surface area contributed by atoms with Gasteiger partial charge in [-0.3, -0.25) is 4.90 Å². The van der Waals surface area contributed by atoms with E-state index in [0.717, 1.165) is 6.54 Å². The molecule has 3 N–H and O–H groups in total. The van der Waals surface area contributed by atoms with Crippen LogP contribution in [0.25, 0.3) is 0 Å². The number of nitrogens with two attached hydrogens (primary N) is 1. The Balaban J connectivity index is 2.62. The number of alkyl carbamates (subject to hydrolysis) is 1. The molecule has 2 atom stereocenters. The van der Waals surface area contributed by atoms with Crippen molar-refractivity contribution in [2.45, 2.75) is 58.8 Å². The second-order valence-corrected chi connectivity index (χ2v) is 7.14. The summed E-state index contributed by atoms with van der Waals surface area (Å²) < 4.78 is 5.30. The highest BCUT2D eigenvalue weighted by Crippen LogP contribution is 2.11. The van der Waals surface area contributed by atoms with E-state index in [2.05, 4.69) is 41.4 Å². The fraction of sp³-hybridized carbons (Fsp3) is 0.611. The summed E-state index contributed by atoms with van der Waals surface area (Å²) in [5, 5.41) is 2.88. The first-order valence-electron chi connectivity index (χ1n) is 8.07. The number of carbonyl (C=O) groups is 1. The molecule has 0 spiro atoms. The molecule has 130 valence electrons. The van der Waals surface area contributed by atoms with E-state index in [0.29, 0.717) is 6.54 Å². The van der Waals surface area contributed by atoms with Crippen LogP contribution in [0.5, 0.6) is 0 Å². The lowest BCUT2D eigenvalue weighted by Crippen LogP contribution is -2.53. The molecule has 0 aliphatic carbocycles. The number of hydrogen-bond acceptors (Lipinski definition) is 4. The van der Waals surface area contributed by atoms with Gasteiger partial charge in [0.05, 0.1) is 0 Å². The summed E-state index contributed by atoms with van der Waals surface area (Å²) in [6.07, 6.45) is -0.410. The van der Waals surface area contributed by atoms with Gasteiger partial charge in [-0.05, 0) is 47.2 Å². The van der Waals surface area contributed by atoms with Crippen LogP contribution in [0.2, 0.25) is 0 Å². The number of likely N-dealkylation sites (N-methyl/N-ethyl adjacent to an activating group) is 1. The van der Waals surface area contributed by atoms with Gasteiger partial charge in [-0.1, -0.05) is 29.8 Å². The summed E-state index contributed by atoms with van der Waals surface area (Å²) in [6, 6.07) is 8.36.